The number of carbonyl (C=O) groups is 4. The molecule has 11 nitrogen and oxygen atoms in total. The molecule has 1 aliphatic heterocycles. The molecule has 1 aliphatic rings. The lowest BCUT2D eigenvalue weighted by Crippen LogP contribution is -2.59. The summed E-state index contributed by atoms with van der Waals surface area (Å²) in [5.41, 5.74) is -0.491. The highest BCUT2D eigenvalue weighted by Crippen LogP contribution is 2.35. The molecule has 1 aromatic rings. The molecular formula is C19H21NO10. The number of nitro groups is 1. The van der Waals surface area contributed by atoms with Crippen molar-refractivity contribution in [1.82, 2.24) is 0 Å². The third-order valence-electron chi connectivity index (χ3n) is 4.43. The first-order valence-electron chi connectivity index (χ1n) is 8.95. The lowest BCUT2D eigenvalue weighted by Gasteiger charge is -2.43. The van der Waals surface area contributed by atoms with Gasteiger partial charge in [0.1, 0.15) is 12.4 Å². The van der Waals surface area contributed by atoms with Gasteiger partial charge in [-0.25, -0.2) is 0 Å². The number of ether oxygens (including phenoxy) is 4. The minimum atomic E-state index is -1.50. The number of rotatable bonds is 7. The molecule has 1 aromatic carbocycles. The maximum Gasteiger partial charge on any atom is 0.311 e. The van der Waals surface area contributed by atoms with Gasteiger partial charge in [0.15, 0.2) is 17.6 Å². The molecule has 0 N–H and O–H groups in total. The monoisotopic (exact) mass is 423 g/mol. The zero-order chi connectivity index (χ0) is 22.6. The van der Waals surface area contributed by atoms with Crippen LogP contribution in [0.15, 0.2) is 18.2 Å². The second-order valence-corrected chi connectivity index (χ2v) is 6.76. The van der Waals surface area contributed by atoms with Gasteiger partial charge in [-0.1, -0.05) is 6.92 Å². The Morgan fingerprint density at radius 3 is 2.20 bits per heavy atom. The average molecular weight is 423 g/mol. The number of carbonyl (C=O) groups excluding carboxylic acids is 4. The topological polar surface area (TPSA) is 148 Å². The molecule has 1 heterocycles. The Labute approximate surface area is 171 Å². The van der Waals surface area contributed by atoms with Crippen molar-refractivity contribution in [2.45, 2.75) is 52.3 Å². The molecule has 0 saturated carbocycles. The van der Waals surface area contributed by atoms with Gasteiger partial charge < -0.3 is 18.9 Å². The van der Waals surface area contributed by atoms with E-state index in [0.29, 0.717) is 6.29 Å². The molecule has 0 spiro atoms. The van der Waals surface area contributed by atoms with Gasteiger partial charge in [-0.2, -0.15) is 0 Å². The Balaban J connectivity index is 2.49. The van der Waals surface area contributed by atoms with Crippen LogP contribution in [-0.2, 0) is 28.6 Å². The van der Waals surface area contributed by atoms with E-state index in [1.807, 2.05) is 0 Å². The van der Waals surface area contributed by atoms with Crippen LogP contribution < -0.4 is 4.74 Å². The first-order chi connectivity index (χ1) is 14.0. The van der Waals surface area contributed by atoms with Crippen molar-refractivity contribution in [2.24, 2.45) is 5.92 Å². The second-order valence-electron chi connectivity index (χ2n) is 6.76. The summed E-state index contributed by atoms with van der Waals surface area (Å²) < 4.78 is 21.7. The summed E-state index contributed by atoms with van der Waals surface area (Å²) in [6.07, 6.45) is -4.56. The van der Waals surface area contributed by atoms with Gasteiger partial charge in [0, 0.05) is 31.4 Å². The number of hydrogen-bond acceptors (Lipinski definition) is 10. The van der Waals surface area contributed by atoms with Gasteiger partial charge in [0.2, 0.25) is 12.4 Å². The van der Waals surface area contributed by atoms with E-state index in [1.165, 1.54) is 19.1 Å². The predicted molar refractivity (Wildman–Crippen MR) is 98.7 cm³/mol. The van der Waals surface area contributed by atoms with E-state index in [0.717, 1.165) is 19.9 Å². The lowest BCUT2D eigenvalue weighted by molar-refractivity contribution is -0.387. The van der Waals surface area contributed by atoms with E-state index in [4.69, 9.17) is 18.9 Å². The standard InChI is InChI=1S/C19H21NO10/c1-9-16(10(2)22)30-19(18(28-12(4)24)17(9)27-11(3)23)29-15-6-5-13(8-21)7-14(15)20(25)26/h5-9,16-19H,1-4H3/t9-,16+,17+,18-,19-/m1/s1. The SMILES string of the molecule is CC(=O)O[C@H]1[C@H](Oc2ccc(C=O)cc2[N+](=O)[O-])O[C@H](C(C)=O)[C@@H](C)[C@@H]1OC(C)=O. The lowest BCUT2D eigenvalue weighted by atomic mass is 9.88. The molecule has 0 aliphatic carbocycles. The Hall–Kier alpha value is -3.34. The molecule has 0 amide bonds. The van der Waals surface area contributed by atoms with Gasteiger partial charge in [0.05, 0.1) is 4.92 Å². The predicted octanol–water partition coefficient (Wildman–Crippen LogP) is 1.60. The van der Waals surface area contributed by atoms with Crippen LogP contribution in [0.1, 0.15) is 38.1 Å². The quantitative estimate of drug-likeness (QED) is 0.274. The van der Waals surface area contributed by atoms with Crippen LogP contribution in [0.25, 0.3) is 0 Å². The first-order valence-corrected chi connectivity index (χ1v) is 8.95. The van der Waals surface area contributed by atoms with E-state index >= 15 is 0 Å². The van der Waals surface area contributed by atoms with Crippen LogP contribution in [0.5, 0.6) is 5.75 Å². The summed E-state index contributed by atoms with van der Waals surface area (Å²) in [6, 6.07) is 3.46. The van der Waals surface area contributed by atoms with Crippen molar-refractivity contribution >= 4 is 29.7 Å². The van der Waals surface area contributed by atoms with Crippen LogP contribution in [0.2, 0.25) is 0 Å². The molecular weight excluding hydrogens is 402 g/mol. The first kappa shape index (κ1) is 22.9. The number of ketones is 1. The molecule has 11 heteroatoms. The molecule has 30 heavy (non-hydrogen) atoms. The summed E-state index contributed by atoms with van der Waals surface area (Å²) in [6.45, 7) is 5.10. The highest BCUT2D eigenvalue weighted by atomic mass is 16.7. The van der Waals surface area contributed by atoms with E-state index in [9.17, 15) is 29.3 Å². The summed E-state index contributed by atoms with van der Waals surface area (Å²) in [4.78, 5) is 56.8. The third kappa shape index (κ3) is 5.17. The van der Waals surface area contributed by atoms with Crippen molar-refractivity contribution < 1.29 is 43.0 Å². The summed E-state index contributed by atoms with van der Waals surface area (Å²) in [5, 5.41) is 11.4. The molecule has 0 unspecified atom stereocenters. The zero-order valence-corrected chi connectivity index (χ0v) is 16.7. The van der Waals surface area contributed by atoms with E-state index in [-0.39, 0.29) is 11.3 Å². The highest BCUT2D eigenvalue weighted by molar-refractivity contribution is 5.81. The zero-order valence-electron chi connectivity index (χ0n) is 16.7. The molecule has 1 saturated heterocycles. The number of nitro benzene ring substituents is 1. The Bertz CT molecular complexity index is 867. The number of benzene rings is 1. The molecule has 1 fully saturated rings. The van der Waals surface area contributed by atoms with Gasteiger partial charge in [-0.3, -0.25) is 29.3 Å². The van der Waals surface area contributed by atoms with Crippen LogP contribution in [-0.4, -0.2) is 53.5 Å². The third-order valence-corrected chi connectivity index (χ3v) is 4.43. The van der Waals surface area contributed by atoms with Crippen LogP contribution >= 0.6 is 0 Å². The Morgan fingerprint density at radius 1 is 1.10 bits per heavy atom. The Kier molecular flexibility index (Phi) is 7.22. The van der Waals surface area contributed by atoms with Gasteiger partial charge in [0.25, 0.3) is 0 Å². The van der Waals surface area contributed by atoms with Crippen LogP contribution in [0, 0.1) is 16.0 Å². The van der Waals surface area contributed by atoms with Crippen LogP contribution in [0.3, 0.4) is 0 Å². The molecule has 5 atom stereocenters. The number of hydrogen-bond donors (Lipinski definition) is 0. The van der Waals surface area contributed by atoms with Crippen molar-refractivity contribution in [1.29, 1.82) is 0 Å². The summed E-state index contributed by atoms with van der Waals surface area (Å²) in [5.74, 6) is -2.81. The van der Waals surface area contributed by atoms with Gasteiger partial charge in [-0.05, 0) is 19.1 Å². The average Bonchev–Trinajstić information content (AvgIpc) is 2.65. The summed E-state index contributed by atoms with van der Waals surface area (Å²) >= 11 is 0. The minimum absolute atomic E-state index is 0.0446. The maximum absolute atomic E-state index is 12.1. The fourth-order valence-corrected chi connectivity index (χ4v) is 3.19. The van der Waals surface area contributed by atoms with Gasteiger partial charge in [-0.15, -0.1) is 0 Å². The number of Topliss-reactive ketones (excluding diaryl/α,β-unsaturated/α-hetero) is 1. The fraction of sp³-hybridized carbons (Fsp3) is 0.474. The maximum atomic E-state index is 12.1. The van der Waals surface area contributed by atoms with E-state index in [1.54, 1.807) is 6.92 Å². The molecule has 0 radical (unpaired) electrons. The number of esters is 2. The van der Waals surface area contributed by atoms with Crippen LogP contribution in [0.4, 0.5) is 5.69 Å². The molecule has 0 bridgehead atoms. The summed E-state index contributed by atoms with van der Waals surface area (Å²) in [7, 11) is 0. The largest absolute Gasteiger partial charge is 0.458 e. The fourth-order valence-electron chi connectivity index (χ4n) is 3.19. The molecule has 162 valence electrons. The van der Waals surface area contributed by atoms with E-state index < -0.39 is 58.9 Å². The highest BCUT2D eigenvalue weighted by Gasteiger charge is 2.51. The normalized spacial score (nSPS) is 25.7. The van der Waals surface area contributed by atoms with Crippen molar-refractivity contribution in [2.75, 3.05) is 0 Å². The number of nitrogens with zero attached hydrogens (tertiary/aromatic N) is 1. The molecule has 0 aromatic heterocycles. The van der Waals surface area contributed by atoms with E-state index in [2.05, 4.69) is 0 Å². The second kappa shape index (κ2) is 9.44. The number of aldehydes is 1. The van der Waals surface area contributed by atoms with Crippen molar-refractivity contribution in [3.63, 3.8) is 0 Å². The van der Waals surface area contributed by atoms with Gasteiger partial charge >= 0.3 is 17.6 Å². The van der Waals surface area contributed by atoms with Crippen molar-refractivity contribution in [3.8, 4) is 5.75 Å². The van der Waals surface area contributed by atoms with Crippen molar-refractivity contribution in [3.05, 3.63) is 33.9 Å². The Morgan fingerprint density at radius 2 is 1.70 bits per heavy atom. The minimum Gasteiger partial charge on any atom is -0.458 e. The molecule has 2 rings (SSSR count). The smallest absolute Gasteiger partial charge is 0.311 e.